The summed E-state index contributed by atoms with van der Waals surface area (Å²) in [4.78, 5) is 4.40. The van der Waals surface area contributed by atoms with Gasteiger partial charge in [-0.15, -0.1) is 0 Å². The van der Waals surface area contributed by atoms with Crippen LogP contribution in [0.25, 0.3) is 0 Å². The summed E-state index contributed by atoms with van der Waals surface area (Å²) in [7, 11) is 1.85. The van der Waals surface area contributed by atoms with Gasteiger partial charge in [0.2, 0.25) is 0 Å². The highest BCUT2D eigenvalue weighted by molar-refractivity contribution is 6.02. The van der Waals surface area contributed by atoms with Crippen LogP contribution in [-0.4, -0.2) is 17.7 Å². The molecule has 0 spiro atoms. The Labute approximate surface area is 91.4 Å². The molecule has 0 aromatic carbocycles. The third kappa shape index (κ3) is 2.35. The van der Waals surface area contributed by atoms with Crippen molar-refractivity contribution in [1.29, 1.82) is 5.41 Å². The smallest absolute Gasteiger partial charge is 0.135 e. The Morgan fingerprint density at radius 1 is 1.47 bits per heavy atom. The maximum absolute atomic E-state index is 7.80. The van der Waals surface area contributed by atoms with Crippen molar-refractivity contribution < 1.29 is 0 Å². The summed E-state index contributed by atoms with van der Waals surface area (Å²) in [6, 6.07) is 2.07. The van der Waals surface area contributed by atoms with Gasteiger partial charge in [-0.05, 0) is 31.4 Å². The Bertz CT molecular complexity index is 381. The molecule has 0 radical (unpaired) electrons. The maximum Gasteiger partial charge on any atom is 0.135 e. The molecule has 15 heavy (non-hydrogen) atoms. The second kappa shape index (κ2) is 4.43. The molecule has 2 N–H and O–H groups in total. The average Bonchev–Trinajstić information content (AvgIpc) is 2.15. The molecule has 1 rings (SSSR count). The lowest BCUT2D eigenvalue weighted by Gasteiger charge is -2.16. The van der Waals surface area contributed by atoms with Crippen LogP contribution in [0.5, 0.6) is 0 Å². The molecule has 1 aromatic heterocycles. The summed E-state index contributed by atoms with van der Waals surface area (Å²) in [5, 5.41) is 10.9. The van der Waals surface area contributed by atoms with Gasteiger partial charge in [-0.1, -0.05) is 13.8 Å². The minimum absolute atomic E-state index is 0.411. The summed E-state index contributed by atoms with van der Waals surface area (Å²) >= 11 is 0. The van der Waals surface area contributed by atoms with Gasteiger partial charge in [0, 0.05) is 24.0 Å². The minimum atomic E-state index is 0.411. The largest absolute Gasteiger partial charge is 0.373 e. The van der Waals surface area contributed by atoms with E-state index >= 15 is 0 Å². The first-order valence-electron chi connectivity index (χ1n) is 5.22. The Hall–Kier alpha value is -1.38. The zero-order chi connectivity index (χ0) is 11.6. The van der Waals surface area contributed by atoms with Crippen LogP contribution in [0, 0.1) is 12.3 Å². The quantitative estimate of drug-likeness (QED) is 0.745. The van der Waals surface area contributed by atoms with Crippen LogP contribution < -0.4 is 5.32 Å². The topological polar surface area (TPSA) is 48.8 Å². The van der Waals surface area contributed by atoms with Crippen LogP contribution in [0.3, 0.4) is 0 Å². The molecule has 0 fully saturated rings. The highest BCUT2D eigenvalue weighted by Gasteiger charge is 2.14. The lowest BCUT2D eigenvalue weighted by Crippen LogP contribution is -2.09. The average molecular weight is 205 g/mol. The molecule has 0 atom stereocenters. The van der Waals surface area contributed by atoms with Gasteiger partial charge in [-0.3, -0.25) is 0 Å². The molecule has 0 aliphatic carbocycles. The van der Waals surface area contributed by atoms with Crippen LogP contribution in [0.2, 0.25) is 0 Å². The summed E-state index contributed by atoms with van der Waals surface area (Å²) in [6.07, 6.45) is 0. The molecule has 3 heteroatoms. The van der Waals surface area contributed by atoms with Crippen LogP contribution in [0.15, 0.2) is 6.07 Å². The fourth-order valence-corrected chi connectivity index (χ4v) is 1.73. The number of rotatable bonds is 3. The van der Waals surface area contributed by atoms with Gasteiger partial charge in [0.05, 0.1) is 0 Å². The minimum Gasteiger partial charge on any atom is -0.373 e. The molecule has 0 bridgehead atoms. The number of nitrogens with zero attached hydrogens (tertiary/aromatic N) is 1. The Kier molecular flexibility index (Phi) is 3.45. The molecular weight excluding hydrogens is 186 g/mol. The Morgan fingerprint density at radius 3 is 2.47 bits per heavy atom. The van der Waals surface area contributed by atoms with E-state index in [9.17, 15) is 0 Å². The molecule has 0 amide bonds. The molecule has 0 aliphatic rings. The van der Waals surface area contributed by atoms with E-state index in [0.717, 1.165) is 17.1 Å². The van der Waals surface area contributed by atoms with E-state index in [0.29, 0.717) is 11.6 Å². The zero-order valence-electron chi connectivity index (χ0n) is 10.1. The van der Waals surface area contributed by atoms with Gasteiger partial charge in [0.1, 0.15) is 5.82 Å². The van der Waals surface area contributed by atoms with E-state index in [2.05, 4.69) is 30.2 Å². The summed E-state index contributed by atoms with van der Waals surface area (Å²) in [5.41, 5.74) is 3.70. The van der Waals surface area contributed by atoms with Crippen molar-refractivity contribution in [2.24, 2.45) is 0 Å². The Balaban J connectivity index is 3.47. The van der Waals surface area contributed by atoms with E-state index in [1.165, 1.54) is 5.56 Å². The van der Waals surface area contributed by atoms with Crippen molar-refractivity contribution in [3.05, 3.63) is 22.9 Å². The fraction of sp³-hybridized carbons (Fsp3) is 0.500. The van der Waals surface area contributed by atoms with Gasteiger partial charge in [0.15, 0.2) is 0 Å². The first-order valence-corrected chi connectivity index (χ1v) is 5.22. The predicted octanol–water partition coefficient (Wildman–Crippen LogP) is 2.94. The third-order valence-electron chi connectivity index (χ3n) is 2.41. The standard InChI is InChI=1S/C12H19N3/c1-7(2)10-6-8(3)15-12(14-5)11(10)9(4)13/h6-7,13H,1-5H3,(H,14,15). The molecule has 0 saturated carbocycles. The lowest BCUT2D eigenvalue weighted by molar-refractivity contribution is 0.856. The molecule has 1 heterocycles. The van der Waals surface area contributed by atoms with Gasteiger partial charge in [-0.2, -0.15) is 0 Å². The summed E-state index contributed by atoms with van der Waals surface area (Å²) in [6.45, 7) is 8.07. The molecule has 0 unspecified atom stereocenters. The zero-order valence-corrected chi connectivity index (χ0v) is 10.1. The van der Waals surface area contributed by atoms with E-state index in [-0.39, 0.29) is 0 Å². The molecular formula is C12H19N3. The number of aryl methyl sites for hydroxylation is 1. The van der Waals surface area contributed by atoms with E-state index in [1.54, 1.807) is 6.92 Å². The molecule has 1 aromatic rings. The maximum atomic E-state index is 7.80. The van der Waals surface area contributed by atoms with E-state index in [4.69, 9.17) is 5.41 Å². The van der Waals surface area contributed by atoms with Crippen LogP contribution in [0.4, 0.5) is 5.82 Å². The van der Waals surface area contributed by atoms with Crippen LogP contribution >= 0.6 is 0 Å². The molecule has 3 nitrogen and oxygen atoms in total. The van der Waals surface area contributed by atoms with E-state index in [1.807, 2.05) is 14.0 Å². The van der Waals surface area contributed by atoms with Crippen molar-refractivity contribution in [2.45, 2.75) is 33.6 Å². The fourth-order valence-electron chi connectivity index (χ4n) is 1.73. The number of hydrogen-bond acceptors (Lipinski definition) is 3. The van der Waals surface area contributed by atoms with Crippen LogP contribution in [0.1, 0.15) is 43.5 Å². The van der Waals surface area contributed by atoms with E-state index < -0.39 is 0 Å². The van der Waals surface area contributed by atoms with Crippen molar-refractivity contribution in [3.63, 3.8) is 0 Å². The summed E-state index contributed by atoms with van der Waals surface area (Å²) in [5.74, 6) is 1.22. The molecule has 82 valence electrons. The number of nitrogens with one attached hydrogen (secondary N) is 2. The normalized spacial score (nSPS) is 10.5. The SMILES string of the molecule is CNc1nc(C)cc(C(C)C)c1C(C)=N. The van der Waals surface area contributed by atoms with Gasteiger partial charge >= 0.3 is 0 Å². The first kappa shape index (κ1) is 11.7. The number of hydrogen-bond donors (Lipinski definition) is 2. The number of pyridine rings is 1. The van der Waals surface area contributed by atoms with Gasteiger partial charge in [0.25, 0.3) is 0 Å². The first-order chi connectivity index (χ1) is 6.97. The van der Waals surface area contributed by atoms with Gasteiger partial charge in [-0.25, -0.2) is 4.98 Å². The number of anilines is 1. The number of aromatic nitrogens is 1. The highest BCUT2D eigenvalue weighted by atomic mass is 15.0. The lowest BCUT2D eigenvalue weighted by atomic mass is 9.95. The molecule has 0 saturated heterocycles. The van der Waals surface area contributed by atoms with Crippen molar-refractivity contribution >= 4 is 11.5 Å². The van der Waals surface area contributed by atoms with Gasteiger partial charge < -0.3 is 10.7 Å². The predicted molar refractivity (Wildman–Crippen MR) is 65.1 cm³/mol. The van der Waals surface area contributed by atoms with Crippen molar-refractivity contribution in [1.82, 2.24) is 4.98 Å². The summed E-state index contributed by atoms with van der Waals surface area (Å²) < 4.78 is 0. The van der Waals surface area contributed by atoms with Crippen LogP contribution in [-0.2, 0) is 0 Å². The third-order valence-corrected chi connectivity index (χ3v) is 2.41. The van der Waals surface area contributed by atoms with Crippen molar-refractivity contribution in [3.8, 4) is 0 Å². The second-order valence-electron chi connectivity index (χ2n) is 4.11. The Morgan fingerprint density at radius 2 is 2.07 bits per heavy atom. The molecule has 0 aliphatic heterocycles. The van der Waals surface area contributed by atoms with Crippen molar-refractivity contribution in [2.75, 3.05) is 12.4 Å². The highest BCUT2D eigenvalue weighted by Crippen LogP contribution is 2.25. The second-order valence-corrected chi connectivity index (χ2v) is 4.11. The monoisotopic (exact) mass is 205 g/mol.